The number of carbonyl (C=O) groups is 1. The van der Waals surface area contributed by atoms with Gasteiger partial charge in [-0.15, -0.1) is 10.2 Å². The van der Waals surface area contributed by atoms with Crippen LogP contribution < -0.4 is 0 Å². The van der Waals surface area contributed by atoms with Crippen LogP contribution in [0.4, 0.5) is 0 Å². The summed E-state index contributed by atoms with van der Waals surface area (Å²) in [7, 11) is -1.99. The minimum atomic E-state index is -3.56. The molecule has 0 aliphatic carbocycles. The van der Waals surface area contributed by atoms with Gasteiger partial charge in [0.15, 0.2) is 0 Å². The highest BCUT2D eigenvalue weighted by Gasteiger charge is 2.42. The Labute approximate surface area is 127 Å². The Kier molecular flexibility index (Phi) is 3.57. The van der Waals surface area contributed by atoms with Crippen molar-refractivity contribution in [2.75, 3.05) is 13.1 Å². The van der Waals surface area contributed by atoms with Crippen LogP contribution in [-0.4, -0.2) is 52.3 Å². The van der Waals surface area contributed by atoms with Crippen molar-refractivity contribution in [2.45, 2.75) is 10.4 Å². The minimum Gasteiger partial charge on any atom is -0.465 e. The van der Waals surface area contributed by atoms with Crippen molar-refractivity contribution < 1.29 is 17.6 Å². The maximum atomic E-state index is 12.3. The van der Waals surface area contributed by atoms with Crippen LogP contribution in [0, 0.1) is 0 Å². The Morgan fingerprint density at radius 2 is 2.23 bits per heavy atom. The number of aryl methyl sites for hydroxylation is 1. The second-order valence-corrected chi connectivity index (χ2v) is 7.11. The zero-order valence-electron chi connectivity index (χ0n) is 11.8. The molecule has 3 heterocycles. The van der Waals surface area contributed by atoms with Crippen LogP contribution in [0.3, 0.4) is 0 Å². The molecule has 0 spiro atoms. The average Bonchev–Trinajstić information content (AvgIpc) is 3.05. The zero-order chi connectivity index (χ0) is 15.7. The molecule has 2 aromatic heterocycles. The monoisotopic (exact) mass is 322 g/mol. The van der Waals surface area contributed by atoms with E-state index in [1.54, 1.807) is 25.3 Å². The molecule has 0 N–H and O–H groups in total. The molecule has 0 unspecified atom stereocenters. The summed E-state index contributed by atoms with van der Waals surface area (Å²) in [5.41, 5.74) is 0. The highest BCUT2D eigenvalue weighted by atomic mass is 32.2. The van der Waals surface area contributed by atoms with E-state index in [0.29, 0.717) is 5.76 Å². The van der Waals surface area contributed by atoms with Gasteiger partial charge < -0.3 is 13.9 Å². The fourth-order valence-electron chi connectivity index (χ4n) is 2.14. The number of hydrogen-bond acceptors (Lipinski definition) is 6. The number of rotatable bonds is 4. The smallest absolute Gasteiger partial charge is 0.249 e. The van der Waals surface area contributed by atoms with Crippen LogP contribution in [0.1, 0.15) is 5.76 Å². The summed E-state index contributed by atoms with van der Waals surface area (Å²) in [6, 6.07) is 3.44. The molecule has 0 aromatic carbocycles. The summed E-state index contributed by atoms with van der Waals surface area (Å²) in [6.45, 7) is 0.299. The number of furan rings is 1. The molecule has 22 heavy (non-hydrogen) atoms. The fraction of sp³-hybridized carbons (Fsp3) is 0.308. The molecule has 0 saturated carbocycles. The number of aromatic nitrogens is 3. The van der Waals surface area contributed by atoms with Crippen LogP contribution in [0.2, 0.25) is 0 Å². The summed E-state index contributed by atoms with van der Waals surface area (Å²) >= 11 is 0. The summed E-state index contributed by atoms with van der Waals surface area (Å²) in [6.07, 6.45) is 5.76. The van der Waals surface area contributed by atoms with Gasteiger partial charge in [0.2, 0.25) is 20.9 Å². The van der Waals surface area contributed by atoms with E-state index in [2.05, 4.69) is 10.2 Å². The number of likely N-dealkylation sites (tertiary alicyclic amines) is 1. The van der Waals surface area contributed by atoms with E-state index in [1.807, 2.05) is 0 Å². The predicted octanol–water partition coefficient (Wildman–Crippen LogP) is 0.106. The molecule has 116 valence electrons. The van der Waals surface area contributed by atoms with Crippen LogP contribution in [-0.2, 0) is 21.7 Å². The normalized spacial score (nSPS) is 16.1. The van der Waals surface area contributed by atoms with Gasteiger partial charge in [0.25, 0.3) is 0 Å². The molecule has 3 rings (SSSR count). The van der Waals surface area contributed by atoms with Gasteiger partial charge in [-0.05, 0) is 18.2 Å². The first-order valence-corrected chi connectivity index (χ1v) is 8.11. The molecule has 1 saturated heterocycles. The van der Waals surface area contributed by atoms with Gasteiger partial charge in [0.1, 0.15) is 17.3 Å². The van der Waals surface area contributed by atoms with Gasteiger partial charge in [0, 0.05) is 26.2 Å². The molecule has 1 aliphatic heterocycles. The summed E-state index contributed by atoms with van der Waals surface area (Å²) in [4.78, 5) is 13.4. The molecule has 1 amide bonds. The second kappa shape index (κ2) is 5.41. The van der Waals surface area contributed by atoms with Gasteiger partial charge in [-0.2, -0.15) is 0 Å². The molecular formula is C13H14N4O4S. The standard InChI is InChI=1S/C13H14N4O4S/c1-16-9-14-15-13(16)22(19,20)11-7-17(8-11)12(18)5-4-10-3-2-6-21-10/h2-6,9,11H,7-8H2,1H3. The molecule has 2 aromatic rings. The largest absolute Gasteiger partial charge is 0.465 e. The van der Waals surface area contributed by atoms with Crippen LogP contribution in [0.25, 0.3) is 6.08 Å². The molecule has 9 heteroatoms. The maximum absolute atomic E-state index is 12.3. The third kappa shape index (κ3) is 2.54. The summed E-state index contributed by atoms with van der Waals surface area (Å²) in [5, 5.41) is 6.48. The highest BCUT2D eigenvalue weighted by molar-refractivity contribution is 7.92. The number of amides is 1. The Morgan fingerprint density at radius 3 is 2.82 bits per heavy atom. The zero-order valence-corrected chi connectivity index (χ0v) is 12.6. The first kappa shape index (κ1) is 14.5. The third-order valence-electron chi connectivity index (χ3n) is 3.46. The molecule has 0 radical (unpaired) electrons. The lowest BCUT2D eigenvalue weighted by Gasteiger charge is -2.37. The Bertz CT molecular complexity index is 801. The summed E-state index contributed by atoms with van der Waals surface area (Å²) < 4.78 is 31.1. The third-order valence-corrected chi connectivity index (χ3v) is 5.51. The van der Waals surface area contributed by atoms with E-state index < -0.39 is 15.1 Å². The quantitative estimate of drug-likeness (QED) is 0.741. The first-order chi connectivity index (χ1) is 10.5. The van der Waals surface area contributed by atoms with Crippen LogP contribution in [0.15, 0.2) is 40.4 Å². The van der Waals surface area contributed by atoms with Gasteiger partial charge in [-0.25, -0.2) is 8.42 Å². The Hall–Kier alpha value is -2.42. The lowest BCUT2D eigenvalue weighted by atomic mass is 10.2. The van der Waals surface area contributed by atoms with Crippen molar-refractivity contribution in [2.24, 2.45) is 7.05 Å². The highest BCUT2D eigenvalue weighted by Crippen LogP contribution is 2.22. The van der Waals surface area contributed by atoms with Crippen molar-refractivity contribution in [3.05, 3.63) is 36.6 Å². The van der Waals surface area contributed by atoms with Crippen molar-refractivity contribution >= 4 is 21.8 Å². The van der Waals surface area contributed by atoms with E-state index in [0.717, 1.165) is 0 Å². The first-order valence-electron chi connectivity index (χ1n) is 6.57. The van der Waals surface area contributed by atoms with E-state index in [-0.39, 0.29) is 24.2 Å². The van der Waals surface area contributed by atoms with Gasteiger partial charge in [0.05, 0.1) is 6.26 Å². The molecule has 1 fully saturated rings. The van der Waals surface area contributed by atoms with E-state index in [4.69, 9.17) is 4.42 Å². The Morgan fingerprint density at radius 1 is 1.45 bits per heavy atom. The molecule has 0 atom stereocenters. The minimum absolute atomic E-state index is 0.0734. The van der Waals surface area contributed by atoms with Crippen molar-refractivity contribution in [3.63, 3.8) is 0 Å². The van der Waals surface area contributed by atoms with Gasteiger partial charge in [-0.3, -0.25) is 4.79 Å². The average molecular weight is 322 g/mol. The van der Waals surface area contributed by atoms with Crippen molar-refractivity contribution in [1.29, 1.82) is 0 Å². The number of sulfone groups is 1. The number of carbonyl (C=O) groups excluding carboxylic acids is 1. The molecular weight excluding hydrogens is 308 g/mol. The SMILES string of the molecule is Cn1cnnc1S(=O)(=O)C1CN(C(=O)C=Cc2ccco2)C1. The number of hydrogen-bond donors (Lipinski definition) is 0. The fourth-order valence-corrected chi connectivity index (χ4v) is 3.80. The van der Waals surface area contributed by atoms with E-state index in [9.17, 15) is 13.2 Å². The van der Waals surface area contributed by atoms with E-state index >= 15 is 0 Å². The van der Waals surface area contributed by atoms with E-state index in [1.165, 1.54) is 28.1 Å². The van der Waals surface area contributed by atoms with Crippen molar-refractivity contribution in [1.82, 2.24) is 19.7 Å². The second-order valence-electron chi connectivity index (χ2n) is 4.98. The molecule has 8 nitrogen and oxygen atoms in total. The van der Waals surface area contributed by atoms with Crippen LogP contribution >= 0.6 is 0 Å². The van der Waals surface area contributed by atoms with Gasteiger partial charge in [-0.1, -0.05) is 0 Å². The summed E-state index contributed by atoms with van der Waals surface area (Å²) in [5.74, 6) is 0.318. The lowest BCUT2D eigenvalue weighted by molar-refractivity contribution is -0.128. The molecule has 0 bridgehead atoms. The maximum Gasteiger partial charge on any atom is 0.249 e. The van der Waals surface area contributed by atoms with Crippen molar-refractivity contribution in [3.8, 4) is 0 Å². The molecule has 1 aliphatic rings. The number of nitrogens with zero attached hydrogens (tertiary/aromatic N) is 4. The lowest BCUT2D eigenvalue weighted by Crippen LogP contribution is -2.56. The topological polar surface area (TPSA) is 98.3 Å². The van der Waals surface area contributed by atoms with Crippen LogP contribution in [0.5, 0.6) is 0 Å². The predicted molar refractivity (Wildman–Crippen MR) is 76.3 cm³/mol. The van der Waals surface area contributed by atoms with Gasteiger partial charge >= 0.3 is 0 Å². The Balaban J connectivity index is 1.62.